The van der Waals surface area contributed by atoms with Gasteiger partial charge in [0.05, 0.1) is 16.1 Å². The van der Waals surface area contributed by atoms with Crippen molar-refractivity contribution >= 4 is 28.9 Å². The molecule has 0 radical (unpaired) electrons. The van der Waals surface area contributed by atoms with Crippen LogP contribution >= 0.6 is 22.9 Å². The molecule has 1 aromatic carbocycles. The van der Waals surface area contributed by atoms with Crippen molar-refractivity contribution < 1.29 is 34.0 Å². The van der Waals surface area contributed by atoms with E-state index in [1.54, 1.807) is 44.5 Å². The van der Waals surface area contributed by atoms with Crippen LogP contribution < -0.4 is 5.73 Å². The molecule has 9 nitrogen and oxygen atoms in total. The quantitative estimate of drug-likeness (QED) is 0.319. The molecule has 3 heterocycles. The van der Waals surface area contributed by atoms with Crippen LogP contribution in [-0.2, 0) is 20.7 Å². The van der Waals surface area contributed by atoms with Crippen LogP contribution in [0.15, 0.2) is 47.2 Å². The predicted molar refractivity (Wildman–Crippen MR) is 133 cm³/mol. The fourth-order valence-corrected chi connectivity index (χ4v) is 4.98. The van der Waals surface area contributed by atoms with Crippen LogP contribution in [0.25, 0.3) is 10.6 Å². The number of rotatable bonds is 8. The van der Waals surface area contributed by atoms with E-state index >= 15 is 0 Å². The number of nitrogens with two attached hydrogens (primary N) is 1. The topological polar surface area (TPSA) is 148 Å². The summed E-state index contributed by atoms with van der Waals surface area (Å²) in [5.74, 6) is -0.0367. The Balaban J connectivity index is 1.50. The van der Waals surface area contributed by atoms with Crippen molar-refractivity contribution in [1.82, 2.24) is 4.98 Å². The van der Waals surface area contributed by atoms with Crippen LogP contribution in [0.4, 0.5) is 0 Å². The Kier molecular flexibility index (Phi) is 8.46. The van der Waals surface area contributed by atoms with Gasteiger partial charge in [-0.2, -0.15) is 0 Å². The first-order valence-corrected chi connectivity index (χ1v) is 12.7. The van der Waals surface area contributed by atoms with Gasteiger partial charge in [0, 0.05) is 17.6 Å². The highest BCUT2D eigenvalue weighted by atomic mass is 35.5. The molecular formula is C25H29ClN2O7S. The molecule has 2 aromatic heterocycles. The van der Waals surface area contributed by atoms with Gasteiger partial charge in [0.25, 0.3) is 0 Å². The maximum Gasteiger partial charge on any atom is 0.323 e. The molecule has 6 atom stereocenters. The van der Waals surface area contributed by atoms with Gasteiger partial charge in [-0.15, -0.1) is 11.3 Å². The summed E-state index contributed by atoms with van der Waals surface area (Å²) in [4.78, 5) is 17.5. The first-order chi connectivity index (χ1) is 17.2. The molecule has 1 aliphatic heterocycles. The smallest absolute Gasteiger partial charge is 0.323 e. The van der Waals surface area contributed by atoms with E-state index < -0.39 is 42.5 Å². The lowest BCUT2D eigenvalue weighted by Crippen LogP contribution is -2.56. The van der Waals surface area contributed by atoms with Crippen molar-refractivity contribution in [2.75, 3.05) is 6.61 Å². The molecule has 0 bridgehead atoms. The lowest BCUT2D eigenvalue weighted by atomic mass is 9.90. The molecule has 4 rings (SSSR count). The Bertz CT molecular complexity index is 1170. The van der Waals surface area contributed by atoms with E-state index in [4.69, 9.17) is 31.2 Å². The number of aromatic nitrogens is 1. The molecule has 5 N–H and O–H groups in total. The van der Waals surface area contributed by atoms with Crippen LogP contribution in [-0.4, -0.2) is 63.3 Å². The van der Waals surface area contributed by atoms with E-state index in [-0.39, 0.29) is 12.5 Å². The number of carbonyl (C=O) groups is 1. The van der Waals surface area contributed by atoms with Gasteiger partial charge in [-0.1, -0.05) is 37.6 Å². The lowest BCUT2D eigenvalue weighted by Gasteiger charge is -2.40. The molecule has 0 saturated carbocycles. The number of carbonyl (C=O) groups excluding carboxylic acids is 1. The zero-order chi connectivity index (χ0) is 26.0. The number of furan rings is 1. The van der Waals surface area contributed by atoms with Crippen molar-refractivity contribution in [3.8, 4) is 10.6 Å². The molecule has 1 fully saturated rings. The van der Waals surface area contributed by atoms with Gasteiger partial charge in [0.1, 0.15) is 48.9 Å². The summed E-state index contributed by atoms with van der Waals surface area (Å²) < 4.78 is 16.6. The molecule has 0 aliphatic carbocycles. The number of nitrogens with zero attached hydrogens (tertiary/aromatic N) is 1. The maximum atomic E-state index is 12.1. The van der Waals surface area contributed by atoms with E-state index in [0.717, 1.165) is 21.2 Å². The van der Waals surface area contributed by atoms with Gasteiger partial charge < -0.3 is 34.9 Å². The average Bonchev–Trinajstić information content (AvgIpc) is 3.55. The van der Waals surface area contributed by atoms with Gasteiger partial charge in [0.15, 0.2) is 0 Å². The zero-order valence-electron chi connectivity index (χ0n) is 19.8. The Labute approximate surface area is 217 Å². The summed E-state index contributed by atoms with van der Waals surface area (Å²) in [6.07, 6.45) is -2.67. The van der Waals surface area contributed by atoms with Crippen molar-refractivity contribution in [3.63, 3.8) is 0 Å². The highest BCUT2D eigenvalue weighted by Gasteiger charge is 2.45. The standard InChI is InChI=1S/C25H29ClN2O7S/c1-12(2)20(27)25(32)34-11-17-21(29)22(30)23(31)24(35-17)13-5-6-15(26)14(8-13)9-19-28-10-18(36-19)16-4-3-7-33-16/h3-8,10,12,17,20-24,29-31H,9,11,27H2,1-2H3/t17-,20?,21-,22+,23-,24+/m1/s1. The molecule has 1 unspecified atom stereocenters. The van der Waals surface area contributed by atoms with Crippen LogP contribution in [0.3, 0.4) is 0 Å². The average molecular weight is 537 g/mol. The third-order valence-corrected chi connectivity index (χ3v) is 7.53. The molecule has 11 heteroatoms. The number of ether oxygens (including phenoxy) is 2. The first-order valence-electron chi connectivity index (χ1n) is 11.5. The monoisotopic (exact) mass is 536 g/mol. The van der Waals surface area contributed by atoms with E-state index in [1.807, 2.05) is 12.1 Å². The van der Waals surface area contributed by atoms with Crippen molar-refractivity contribution in [2.45, 2.75) is 56.8 Å². The number of hydrogen-bond donors (Lipinski definition) is 4. The molecule has 36 heavy (non-hydrogen) atoms. The van der Waals surface area contributed by atoms with Crippen molar-refractivity contribution in [1.29, 1.82) is 0 Å². The number of halogens is 1. The van der Waals surface area contributed by atoms with Crippen molar-refractivity contribution in [3.05, 3.63) is 63.9 Å². The fourth-order valence-electron chi connectivity index (χ4n) is 3.89. The van der Waals surface area contributed by atoms with Gasteiger partial charge in [0.2, 0.25) is 0 Å². The Hall–Kier alpha value is -2.31. The summed E-state index contributed by atoms with van der Waals surface area (Å²) in [7, 11) is 0. The Morgan fingerprint density at radius 1 is 1.22 bits per heavy atom. The van der Waals surface area contributed by atoms with E-state index in [9.17, 15) is 20.1 Å². The van der Waals surface area contributed by atoms with Crippen LogP contribution in [0.1, 0.15) is 36.1 Å². The summed E-state index contributed by atoms with van der Waals surface area (Å²) in [5.41, 5.74) is 7.11. The minimum atomic E-state index is -1.51. The summed E-state index contributed by atoms with van der Waals surface area (Å²) >= 11 is 7.92. The highest BCUT2D eigenvalue weighted by Crippen LogP contribution is 2.35. The summed E-state index contributed by atoms with van der Waals surface area (Å²) in [5, 5.41) is 32.9. The molecule has 0 amide bonds. The number of hydrogen-bond acceptors (Lipinski definition) is 10. The zero-order valence-corrected chi connectivity index (χ0v) is 21.4. The SMILES string of the molecule is CC(C)C(N)C(=O)OC[C@H]1O[C@@H](c2ccc(Cl)c(Cc3ncc(-c4ccco4)s3)c2)[C@H](O)[C@@H](O)[C@@H]1O. The minimum absolute atomic E-state index is 0.129. The number of benzene rings is 1. The predicted octanol–water partition coefficient (Wildman–Crippen LogP) is 2.70. The van der Waals surface area contributed by atoms with E-state index in [1.165, 1.54) is 11.3 Å². The first kappa shape index (κ1) is 26.7. The fraction of sp³-hybridized carbons (Fsp3) is 0.440. The number of aliphatic hydroxyl groups excluding tert-OH is 3. The maximum absolute atomic E-state index is 12.1. The Morgan fingerprint density at radius 2 is 2.00 bits per heavy atom. The van der Waals surface area contributed by atoms with Gasteiger partial charge in [-0.25, -0.2) is 4.98 Å². The van der Waals surface area contributed by atoms with Crippen LogP contribution in [0.5, 0.6) is 0 Å². The number of esters is 1. The molecule has 1 aliphatic rings. The third kappa shape index (κ3) is 5.81. The van der Waals surface area contributed by atoms with Gasteiger partial charge >= 0.3 is 5.97 Å². The molecule has 194 valence electrons. The molecule has 1 saturated heterocycles. The molecule has 0 spiro atoms. The van der Waals surface area contributed by atoms with Crippen LogP contribution in [0.2, 0.25) is 5.02 Å². The minimum Gasteiger partial charge on any atom is -0.463 e. The van der Waals surface area contributed by atoms with Crippen molar-refractivity contribution in [2.24, 2.45) is 11.7 Å². The van der Waals surface area contributed by atoms with Gasteiger partial charge in [-0.3, -0.25) is 4.79 Å². The second-order valence-corrected chi connectivity index (χ2v) is 10.6. The lowest BCUT2D eigenvalue weighted by molar-refractivity contribution is -0.234. The Morgan fingerprint density at radius 3 is 2.69 bits per heavy atom. The van der Waals surface area contributed by atoms with Crippen LogP contribution in [0, 0.1) is 5.92 Å². The second-order valence-electron chi connectivity index (χ2n) is 9.09. The highest BCUT2D eigenvalue weighted by molar-refractivity contribution is 7.15. The number of aliphatic hydroxyl groups is 3. The number of thiazole rings is 1. The molecular weight excluding hydrogens is 508 g/mol. The van der Waals surface area contributed by atoms with Gasteiger partial charge in [-0.05, 0) is 35.2 Å². The molecule has 3 aromatic rings. The largest absolute Gasteiger partial charge is 0.463 e. The second kappa shape index (κ2) is 11.4. The summed E-state index contributed by atoms with van der Waals surface area (Å²) in [6, 6.07) is 7.97. The summed E-state index contributed by atoms with van der Waals surface area (Å²) in [6.45, 7) is 3.25. The normalized spacial score (nSPS) is 25.2. The third-order valence-electron chi connectivity index (χ3n) is 6.15. The van der Waals surface area contributed by atoms with E-state index in [2.05, 4.69) is 4.98 Å². The van der Waals surface area contributed by atoms with E-state index in [0.29, 0.717) is 17.0 Å².